The minimum Gasteiger partial charge on any atom is -0.340 e. The Labute approximate surface area is 164 Å². The summed E-state index contributed by atoms with van der Waals surface area (Å²) < 4.78 is 0. The Morgan fingerprint density at radius 2 is 1.71 bits per heavy atom. The average molecular weight is 374 g/mol. The summed E-state index contributed by atoms with van der Waals surface area (Å²) in [4.78, 5) is 28.0. The minimum absolute atomic E-state index is 0.129. The van der Waals surface area contributed by atoms with E-state index in [1.54, 1.807) is 12.1 Å². The average Bonchev–Trinajstić information content (AvgIpc) is 2.68. The molecular weight excluding hydrogens is 352 g/mol. The zero-order valence-electron chi connectivity index (χ0n) is 15.8. The molecule has 0 bridgehead atoms. The topological polar surface area (TPSA) is 83.1 Å². The molecule has 1 aromatic heterocycles. The zero-order chi connectivity index (χ0) is 19.9. The molecule has 0 aliphatic rings. The molecule has 0 atom stereocenters. The van der Waals surface area contributed by atoms with E-state index in [0.29, 0.717) is 17.1 Å². The third-order valence-electron chi connectivity index (χ3n) is 4.13. The zero-order valence-corrected chi connectivity index (χ0v) is 15.8. The van der Waals surface area contributed by atoms with Gasteiger partial charge in [-0.2, -0.15) is 0 Å². The second-order valence-corrected chi connectivity index (χ2v) is 6.28. The van der Waals surface area contributed by atoms with E-state index < -0.39 is 0 Å². The molecule has 0 radical (unpaired) electrons. The van der Waals surface area contributed by atoms with E-state index in [0.717, 1.165) is 23.4 Å². The van der Waals surface area contributed by atoms with Crippen LogP contribution in [0.2, 0.25) is 0 Å². The van der Waals surface area contributed by atoms with Crippen molar-refractivity contribution < 1.29 is 9.59 Å². The van der Waals surface area contributed by atoms with Gasteiger partial charge in [0.25, 0.3) is 5.91 Å². The van der Waals surface area contributed by atoms with E-state index in [9.17, 15) is 9.59 Å². The molecule has 28 heavy (non-hydrogen) atoms. The Hall–Kier alpha value is -3.67. The van der Waals surface area contributed by atoms with Gasteiger partial charge < -0.3 is 16.0 Å². The van der Waals surface area contributed by atoms with Crippen molar-refractivity contribution in [2.45, 2.75) is 20.3 Å². The summed E-state index contributed by atoms with van der Waals surface area (Å²) in [5.74, 6) is 0.272. The molecule has 0 saturated carbocycles. The summed E-state index contributed by atoms with van der Waals surface area (Å²) in [7, 11) is 0. The molecule has 3 rings (SSSR count). The van der Waals surface area contributed by atoms with Crippen LogP contribution in [0.25, 0.3) is 0 Å². The van der Waals surface area contributed by atoms with Crippen LogP contribution in [-0.2, 0) is 11.2 Å². The lowest BCUT2D eigenvalue weighted by Gasteiger charge is -2.11. The van der Waals surface area contributed by atoms with Crippen LogP contribution in [0, 0.1) is 0 Å². The van der Waals surface area contributed by atoms with Gasteiger partial charge in [-0.1, -0.05) is 31.2 Å². The van der Waals surface area contributed by atoms with E-state index in [2.05, 4.69) is 20.9 Å². The highest BCUT2D eigenvalue weighted by Crippen LogP contribution is 2.20. The summed E-state index contributed by atoms with van der Waals surface area (Å²) in [6, 6.07) is 18.5. The monoisotopic (exact) mass is 374 g/mol. The highest BCUT2D eigenvalue weighted by Gasteiger charge is 2.09. The second-order valence-electron chi connectivity index (χ2n) is 6.28. The number of aromatic nitrogens is 1. The van der Waals surface area contributed by atoms with Crippen LogP contribution in [0.15, 0.2) is 66.9 Å². The van der Waals surface area contributed by atoms with Crippen LogP contribution in [0.1, 0.15) is 29.8 Å². The van der Waals surface area contributed by atoms with E-state index in [-0.39, 0.29) is 11.8 Å². The summed E-state index contributed by atoms with van der Waals surface area (Å²) in [6.45, 7) is 3.51. The van der Waals surface area contributed by atoms with Gasteiger partial charge in [0, 0.05) is 30.2 Å². The molecule has 2 amide bonds. The van der Waals surface area contributed by atoms with Crippen molar-refractivity contribution in [2.75, 3.05) is 16.0 Å². The van der Waals surface area contributed by atoms with Crippen molar-refractivity contribution in [1.29, 1.82) is 0 Å². The maximum absolute atomic E-state index is 12.5. The quantitative estimate of drug-likeness (QED) is 0.589. The fourth-order valence-corrected chi connectivity index (χ4v) is 2.77. The molecular formula is C22H22N4O2. The molecule has 0 spiro atoms. The Bertz CT molecular complexity index is 984. The molecule has 3 N–H and O–H groups in total. The number of carbonyl (C=O) groups excluding carboxylic acids is 2. The van der Waals surface area contributed by atoms with Gasteiger partial charge in [0.2, 0.25) is 5.91 Å². The third-order valence-corrected chi connectivity index (χ3v) is 4.13. The Kier molecular flexibility index (Phi) is 6.01. The van der Waals surface area contributed by atoms with Crippen molar-refractivity contribution in [3.05, 3.63) is 78.0 Å². The first-order chi connectivity index (χ1) is 13.5. The number of carbonyl (C=O) groups is 2. The first kappa shape index (κ1) is 19.1. The van der Waals surface area contributed by atoms with E-state index in [4.69, 9.17) is 0 Å². The lowest BCUT2D eigenvalue weighted by molar-refractivity contribution is -0.114. The third kappa shape index (κ3) is 4.94. The number of nitrogens with one attached hydrogen (secondary N) is 3. The van der Waals surface area contributed by atoms with Crippen LogP contribution >= 0.6 is 0 Å². The van der Waals surface area contributed by atoms with Gasteiger partial charge in [-0.3, -0.25) is 9.59 Å². The number of anilines is 4. The normalized spacial score (nSPS) is 10.2. The number of aryl methyl sites for hydroxylation is 1. The fourth-order valence-electron chi connectivity index (χ4n) is 2.77. The van der Waals surface area contributed by atoms with Gasteiger partial charge in [-0.25, -0.2) is 4.98 Å². The molecule has 0 aliphatic heterocycles. The van der Waals surface area contributed by atoms with Gasteiger partial charge in [-0.15, -0.1) is 0 Å². The number of amides is 2. The number of hydrogen-bond donors (Lipinski definition) is 3. The minimum atomic E-state index is -0.201. The number of rotatable bonds is 6. The molecule has 0 saturated heterocycles. The number of para-hydroxylation sites is 1. The molecule has 0 fully saturated rings. The van der Waals surface area contributed by atoms with Gasteiger partial charge in [0.15, 0.2) is 0 Å². The van der Waals surface area contributed by atoms with Crippen LogP contribution in [0.3, 0.4) is 0 Å². The van der Waals surface area contributed by atoms with Gasteiger partial charge in [0.1, 0.15) is 5.82 Å². The lowest BCUT2D eigenvalue weighted by Crippen LogP contribution is -2.13. The van der Waals surface area contributed by atoms with Gasteiger partial charge in [0.05, 0.1) is 5.56 Å². The molecule has 6 heteroatoms. The summed E-state index contributed by atoms with van der Waals surface area (Å²) >= 11 is 0. The fraction of sp³-hybridized carbons (Fsp3) is 0.136. The Morgan fingerprint density at radius 3 is 2.43 bits per heavy atom. The molecule has 1 heterocycles. The van der Waals surface area contributed by atoms with E-state index >= 15 is 0 Å². The number of pyridine rings is 1. The maximum atomic E-state index is 12.5. The largest absolute Gasteiger partial charge is 0.340 e. The van der Waals surface area contributed by atoms with E-state index in [1.165, 1.54) is 13.1 Å². The van der Waals surface area contributed by atoms with Crippen molar-refractivity contribution >= 4 is 34.7 Å². The maximum Gasteiger partial charge on any atom is 0.257 e. The van der Waals surface area contributed by atoms with Crippen LogP contribution in [0.5, 0.6) is 0 Å². The van der Waals surface area contributed by atoms with Crippen LogP contribution < -0.4 is 16.0 Å². The number of nitrogens with zero attached hydrogens (tertiary/aromatic N) is 1. The summed E-state index contributed by atoms with van der Waals surface area (Å²) in [6.07, 6.45) is 2.37. The standard InChI is InChI=1S/C22H22N4O2/c1-3-16-7-4-5-10-20(16)26-22(28)17-11-12-21(23-14-17)25-19-9-6-8-18(13-19)24-15(2)27/h4-14H,3H2,1-2H3,(H,23,25)(H,24,27)(H,26,28). The van der Waals surface area contributed by atoms with Crippen LogP contribution in [-0.4, -0.2) is 16.8 Å². The Balaban J connectivity index is 1.68. The molecule has 2 aromatic carbocycles. The highest BCUT2D eigenvalue weighted by molar-refractivity contribution is 6.04. The number of benzene rings is 2. The van der Waals surface area contributed by atoms with Crippen molar-refractivity contribution in [1.82, 2.24) is 4.98 Å². The smallest absolute Gasteiger partial charge is 0.257 e. The molecule has 142 valence electrons. The summed E-state index contributed by atoms with van der Waals surface area (Å²) in [5.41, 5.74) is 3.85. The number of hydrogen-bond acceptors (Lipinski definition) is 4. The molecule has 0 aliphatic carbocycles. The van der Waals surface area contributed by atoms with Crippen molar-refractivity contribution in [2.24, 2.45) is 0 Å². The molecule has 3 aromatic rings. The predicted octanol–water partition coefficient (Wildman–Crippen LogP) is 4.60. The van der Waals surface area contributed by atoms with Gasteiger partial charge >= 0.3 is 0 Å². The van der Waals surface area contributed by atoms with E-state index in [1.807, 2.05) is 55.5 Å². The van der Waals surface area contributed by atoms with Crippen LogP contribution in [0.4, 0.5) is 22.9 Å². The van der Waals surface area contributed by atoms with Gasteiger partial charge in [-0.05, 0) is 48.4 Å². The first-order valence-corrected chi connectivity index (χ1v) is 9.05. The Morgan fingerprint density at radius 1 is 0.929 bits per heavy atom. The SMILES string of the molecule is CCc1ccccc1NC(=O)c1ccc(Nc2cccc(NC(C)=O)c2)nc1. The second kappa shape index (κ2) is 8.81. The lowest BCUT2D eigenvalue weighted by atomic mass is 10.1. The summed E-state index contributed by atoms with van der Waals surface area (Å²) in [5, 5.41) is 8.83. The molecule has 6 nitrogen and oxygen atoms in total. The van der Waals surface area contributed by atoms with Crippen molar-refractivity contribution in [3.63, 3.8) is 0 Å². The predicted molar refractivity (Wildman–Crippen MR) is 112 cm³/mol. The highest BCUT2D eigenvalue weighted by atomic mass is 16.2. The first-order valence-electron chi connectivity index (χ1n) is 9.05. The van der Waals surface area contributed by atoms with Crippen molar-refractivity contribution in [3.8, 4) is 0 Å². The molecule has 0 unspecified atom stereocenters.